The second-order valence-corrected chi connectivity index (χ2v) is 3.18. The van der Waals surface area contributed by atoms with E-state index in [-0.39, 0.29) is 0 Å². The number of halogens is 1. The van der Waals surface area contributed by atoms with Gasteiger partial charge >= 0.3 is 0 Å². The largest absolute Gasteiger partial charge is 0.470 e. The van der Waals surface area contributed by atoms with Gasteiger partial charge in [0.2, 0.25) is 0 Å². The highest BCUT2D eigenvalue weighted by Gasteiger charge is 2.19. The van der Waals surface area contributed by atoms with Gasteiger partial charge in [0.1, 0.15) is 6.61 Å². The molecule has 0 spiro atoms. The molecule has 0 aromatic carbocycles. The van der Waals surface area contributed by atoms with Crippen molar-refractivity contribution in [3.05, 3.63) is 0 Å². The molecule has 0 saturated heterocycles. The van der Waals surface area contributed by atoms with Crippen LogP contribution in [0, 0.1) is 5.92 Å². The molecule has 3 heteroatoms. The molecule has 1 rings (SSSR count). The lowest BCUT2D eigenvalue weighted by Gasteiger charge is -2.06. The van der Waals surface area contributed by atoms with Crippen LogP contribution < -0.4 is 0 Å². The van der Waals surface area contributed by atoms with Crippen molar-refractivity contribution in [2.75, 3.05) is 6.61 Å². The fourth-order valence-electron chi connectivity index (χ4n) is 0.701. The Morgan fingerprint density at radius 2 is 2.44 bits per heavy atom. The number of nitrogens with zero attached hydrogens (tertiary/aromatic N) is 1. The third-order valence-corrected chi connectivity index (χ3v) is 1.84. The summed E-state index contributed by atoms with van der Waals surface area (Å²) in [6.45, 7) is 5.02. The van der Waals surface area contributed by atoms with Crippen LogP contribution in [0.25, 0.3) is 0 Å². The maximum atomic E-state index is 5.09. The van der Waals surface area contributed by atoms with Crippen LogP contribution in [0.15, 0.2) is 4.99 Å². The first-order chi connectivity index (χ1) is 4.20. The predicted octanol–water partition coefficient (Wildman–Crippen LogP) is 1.79. The smallest absolute Gasteiger partial charge is 0.254 e. The minimum atomic E-state index is 0.361. The molecule has 0 saturated carbocycles. The van der Waals surface area contributed by atoms with Crippen molar-refractivity contribution in [3.63, 3.8) is 0 Å². The molecule has 0 amide bonds. The first-order valence-corrected chi connectivity index (χ1v) is 3.85. The molecule has 0 aliphatic carbocycles. The predicted molar refractivity (Wildman–Crippen MR) is 40.9 cm³/mol. The van der Waals surface area contributed by atoms with E-state index >= 15 is 0 Å². The Morgan fingerprint density at radius 3 is 2.67 bits per heavy atom. The highest BCUT2D eigenvalue weighted by atomic mass is 79.9. The molecular weight excluding hydrogens is 182 g/mol. The van der Waals surface area contributed by atoms with Crippen molar-refractivity contribution in [2.24, 2.45) is 10.9 Å². The van der Waals surface area contributed by atoms with Crippen LogP contribution in [-0.4, -0.2) is 17.5 Å². The molecule has 52 valence electrons. The van der Waals surface area contributed by atoms with Crippen molar-refractivity contribution in [2.45, 2.75) is 19.9 Å². The molecule has 1 heterocycles. The molecule has 1 atom stereocenters. The van der Waals surface area contributed by atoms with E-state index in [0.717, 1.165) is 6.61 Å². The standard InChI is InChI=1S/C6H10BrNO/c1-4(2)5-3-9-6(7)8-5/h4-5H,3H2,1-2H3/t5-/m1/s1. The van der Waals surface area contributed by atoms with Crippen molar-refractivity contribution >= 4 is 20.7 Å². The van der Waals surface area contributed by atoms with Crippen LogP contribution in [0.3, 0.4) is 0 Å². The molecule has 0 unspecified atom stereocenters. The summed E-state index contributed by atoms with van der Waals surface area (Å²) in [5.74, 6) is 0.583. The van der Waals surface area contributed by atoms with E-state index in [2.05, 4.69) is 34.8 Å². The molecule has 0 fully saturated rings. The van der Waals surface area contributed by atoms with Gasteiger partial charge in [-0.05, 0) is 5.92 Å². The Kier molecular flexibility index (Phi) is 2.11. The van der Waals surface area contributed by atoms with Gasteiger partial charge in [-0.3, -0.25) is 0 Å². The van der Waals surface area contributed by atoms with Crippen LogP contribution in [0.1, 0.15) is 13.8 Å². The van der Waals surface area contributed by atoms with Crippen LogP contribution in [-0.2, 0) is 4.74 Å². The van der Waals surface area contributed by atoms with E-state index < -0.39 is 0 Å². The fourth-order valence-corrected chi connectivity index (χ4v) is 1.10. The van der Waals surface area contributed by atoms with Crippen LogP contribution >= 0.6 is 15.9 Å². The molecule has 1 aliphatic heterocycles. The average molecular weight is 192 g/mol. The summed E-state index contributed by atoms with van der Waals surface area (Å²) in [5.41, 5.74) is 0. The van der Waals surface area contributed by atoms with Crippen molar-refractivity contribution in [3.8, 4) is 0 Å². The van der Waals surface area contributed by atoms with Crippen molar-refractivity contribution in [1.29, 1.82) is 0 Å². The molecule has 0 aromatic rings. The van der Waals surface area contributed by atoms with E-state index in [1.54, 1.807) is 0 Å². The Morgan fingerprint density at radius 1 is 1.78 bits per heavy atom. The Labute approximate surface area is 63.4 Å². The molecule has 1 aliphatic rings. The van der Waals surface area contributed by atoms with Gasteiger partial charge in [-0.15, -0.1) is 0 Å². The molecule has 0 bridgehead atoms. The highest BCUT2D eigenvalue weighted by Crippen LogP contribution is 2.15. The first kappa shape index (κ1) is 7.06. The van der Waals surface area contributed by atoms with Gasteiger partial charge < -0.3 is 4.74 Å². The Hall–Kier alpha value is -0.0500. The number of ether oxygens (including phenoxy) is 1. The number of rotatable bonds is 1. The second kappa shape index (κ2) is 2.69. The lowest BCUT2D eigenvalue weighted by Crippen LogP contribution is -2.13. The summed E-state index contributed by atoms with van der Waals surface area (Å²) in [5, 5.41) is 0. The zero-order chi connectivity index (χ0) is 6.85. The van der Waals surface area contributed by atoms with Crippen molar-refractivity contribution < 1.29 is 4.74 Å². The van der Waals surface area contributed by atoms with Crippen LogP contribution in [0.5, 0.6) is 0 Å². The second-order valence-electron chi connectivity index (χ2n) is 2.50. The fraction of sp³-hybridized carbons (Fsp3) is 0.833. The minimum absolute atomic E-state index is 0.361. The highest BCUT2D eigenvalue weighted by molar-refractivity contribution is 9.18. The molecular formula is C6H10BrNO. The summed E-state index contributed by atoms with van der Waals surface area (Å²) in [6.07, 6.45) is 0. The average Bonchev–Trinajstić information content (AvgIpc) is 2.14. The summed E-state index contributed by atoms with van der Waals surface area (Å²) >= 11 is 3.17. The monoisotopic (exact) mass is 191 g/mol. The molecule has 2 nitrogen and oxygen atoms in total. The van der Waals surface area contributed by atoms with Crippen LogP contribution in [0.2, 0.25) is 0 Å². The number of hydrogen-bond acceptors (Lipinski definition) is 2. The number of hydrogen-bond donors (Lipinski definition) is 0. The lowest BCUT2D eigenvalue weighted by molar-refractivity contribution is 0.297. The molecule has 0 N–H and O–H groups in total. The van der Waals surface area contributed by atoms with Crippen LogP contribution in [0.4, 0.5) is 0 Å². The van der Waals surface area contributed by atoms with Gasteiger partial charge in [0.25, 0.3) is 4.81 Å². The van der Waals surface area contributed by atoms with Gasteiger partial charge in [0.15, 0.2) is 0 Å². The van der Waals surface area contributed by atoms with Crippen molar-refractivity contribution in [1.82, 2.24) is 0 Å². The van der Waals surface area contributed by atoms with E-state index in [1.807, 2.05) is 0 Å². The topological polar surface area (TPSA) is 21.6 Å². The van der Waals surface area contributed by atoms with E-state index in [4.69, 9.17) is 4.74 Å². The summed E-state index contributed by atoms with van der Waals surface area (Å²) in [6, 6.07) is 0.361. The van der Waals surface area contributed by atoms with Gasteiger partial charge in [-0.25, -0.2) is 4.99 Å². The Balaban J connectivity index is 2.47. The quantitative estimate of drug-likeness (QED) is 0.620. The lowest BCUT2D eigenvalue weighted by atomic mass is 10.1. The maximum Gasteiger partial charge on any atom is 0.254 e. The SMILES string of the molecule is CC(C)[C@H]1COC(Br)=N1. The molecule has 9 heavy (non-hydrogen) atoms. The number of aliphatic imine (C=N–C) groups is 1. The van der Waals surface area contributed by atoms with Gasteiger partial charge in [0.05, 0.1) is 6.04 Å². The third-order valence-electron chi connectivity index (χ3n) is 1.41. The van der Waals surface area contributed by atoms with Gasteiger partial charge in [0, 0.05) is 15.9 Å². The summed E-state index contributed by atoms with van der Waals surface area (Å²) < 4.78 is 5.09. The van der Waals surface area contributed by atoms with Gasteiger partial charge in [-0.1, -0.05) is 13.8 Å². The maximum absolute atomic E-state index is 5.09. The first-order valence-electron chi connectivity index (χ1n) is 3.06. The van der Waals surface area contributed by atoms with Gasteiger partial charge in [-0.2, -0.15) is 0 Å². The molecule has 0 radical (unpaired) electrons. The van der Waals surface area contributed by atoms with E-state index in [0.29, 0.717) is 16.8 Å². The Bertz CT molecular complexity index is 133. The third kappa shape index (κ3) is 1.68. The minimum Gasteiger partial charge on any atom is -0.470 e. The zero-order valence-electron chi connectivity index (χ0n) is 5.60. The summed E-state index contributed by atoms with van der Waals surface area (Å²) in [7, 11) is 0. The van der Waals surface area contributed by atoms with E-state index in [9.17, 15) is 0 Å². The zero-order valence-corrected chi connectivity index (χ0v) is 7.18. The normalized spacial score (nSPS) is 26.2. The molecule has 0 aromatic heterocycles. The van der Waals surface area contributed by atoms with E-state index in [1.165, 1.54) is 0 Å². The summed E-state index contributed by atoms with van der Waals surface area (Å²) in [4.78, 5) is 4.85.